The summed E-state index contributed by atoms with van der Waals surface area (Å²) in [7, 11) is 0. The molecule has 1 heterocycles. The highest BCUT2D eigenvalue weighted by Gasteiger charge is 2.35. The third kappa shape index (κ3) is 4.78. The van der Waals surface area contributed by atoms with Crippen LogP contribution in [-0.4, -0.2) is 41.2 Å². The number of nitriles is 1. The molecule has 0 aliphatic carbocycles. The highest BCUT2D eigenvalue weighted by atomic mass is 16.5. The quantitative estimate of drug-likeness (QED) is 0.545. The second kappa shape index (κ2) is 9.22. The Labute approximate surface area is 179 Å². The van der Waals surface area contributed by atoms with Gasteiger partial charge in [-0.15, -0.1) is 0 Å². The van der Waals surface area contributed by atoms with Gasteiger partial charge in [-0.05, 0) is 44.5 Å². The van der Waals surface area contributed by atoms with Gasteiger partial charge in [0.25, 0.3) is 17.7 Å². The Morgan fingerprint density at radius 2 is 1.84 bits per heavy atom. The number of ether oxygens (including phenoxy) is 1. The largest absolute Gasteiger partial charge is 0.453 e. The van der Waals surface area contributed by atoms with Crippen molar-refractivity contribution in [2.75, 3.05) is 11.9 Å². The molecule has 158 valence electrons. The molecule has 1 unspecified atom stereocenters. The van der Waals surface area contributed by atoms with Crippen LogP contribution in [0.2, 0.25) is 0 Å². The van der Waals surface area contributed by atoms with Crippen molar-refractivity contribution in [1.29, 1.82) is 5.26 Å². The van der Waals surface area contributed by atoms with Crippen molar-refractivity contribution in [3.8, 4) is 6.07 Å². The summed E-state index contributed by atoms with van der Waals surface area (Å²) in [6.45, 7) is 3.35. The summed E-state index contributed by atoms with van der Waals surface area (Å²) in [6, 6.07) is 13.5. The molecule has 3 amide bonds. The standard InChI is InChI=1S/C23H21N3O5/c1-14-9-10-17-18(12-14)23(30)26(22(17)29)11-5-8-20(27)31-15(2)21(28)25-19-7-4-3-6-16(19)13-24/h3-4,6-7,9-10,12,15H,5,8,11H2,1-2H3,(H,25,28). The third-order valence-corrected chi connectivity index (χ3v) is 4.87. The van der Waals surface area contributed by atoms with E-state index in [0.717, 1.165) is 10.5 Å². The van der Waals surface area contributed by atoms with E-state index < -0.39 is 18.0 Å². The number of amides is 3. The van der Waals surface area contributed by atoms with Crippen molar-refractivity contribution >= 4 is 29.4 Å². The number of carbonyl (C=O) groups excluding carboxylic acids is 4. The Balaban J connectivity index is 1.48. The molecule has 31 heavy (non-hydrogen) atoms. The number of carbonyl (C=O) groups is 4. The molecule has 1 aliphatic heterocycles. The minimum absolute atomic E-state index is 0.0567. The molecular weight excluding hydrogens is 398 g/mol. The van der Waals surface area contributed by atoms with E-state index in [2.05, 4.69) is 5.32 Å². The molecule has 2 aromatic rings. The van der Waals surface area contributed by atoms with Gasteiger partial charge in [0, 0.05) is 13.0 Å². The van der Waals surface area contributed by atoms with Gasteiger partial charge < -0.3 is 10.1 Å². The first-order chi connectivity index (χ1) is 14.8. The summed E-state index contributed by atoms with van der Waals surface area (Å²) < 4.78 is 5.13. The van der Waals surface area contributed by atoms with Gasteiger partial charge in [-0.25, -0.2) is 0 Å². The molecule has 8 heteroatoms. The van der Waals surface area contributed by atoms with Gasteiger partial charge in [-0.1, -0.05) is 23.8 Å². The zero-order valence-corrected chi connectivity index (χ0v) is 17.2. The van der Waals surface area contributed by atoms with Gasteiger partial charge >= 0.3 is 5.97 Å². The van der Waals surface area contributed by atoms with Crippen molar-refractivity contribution in [1.82, 2.24) is 4.90 Å². The summed E-state index contributed by atoms with van der Waals surface area (Å²) in [5, 5.41) is 11.6. The highest BCUT2D eigenvalue weighted by Crippen LogP contribution is 2.24. The zero-order chi connectivity index (χ0) is 22.5. The second-order valence-corrected chi connectivity index (χ2v) is 7.19. The van der Waals surface area contributed by atoms with Crippen LogP contribution in [0.4, 0.5) is 5.69 Å². The number of imide groups is 1. The van der Waals surface area contributed by atoms with Gasteiger partial charge in [-0.3, -0.25) is 24.1 Å². The van der Waals surface area contributed by atoms with Crippen LogP contribution in [0.3, 0.4) is 0 Å². The van der Waals surface area contributed by atoms with E-state index in [4.69, 9.17) is 10.00 Å². The lowest BCUT2D eigenvalue weighted by molar-refractivity contribution is -0.153. The molecule has 1 aliphatic rings. The molecule has 0 radical (unpaired) electrons. The number of rotatable bonds is 7. The van der Waals surface area contributed by atoms with Crippen LogP contribution in [0.15, 0.2) is 42.5 Å². The average molecular weight is 419 g/mol. The van der Waals surface area contributed by atoms with E-state index in [1.807, 2.05) is 13.0 Å². The molecule has 0 spiro atoms. The number of nitrogens with one attached hydrogen (secondary N) is 1. The van der Waals surface area contributed by atoms with Crippen molar-refractivity contribution in [2.24, 2.45) is 0 Å². The number of nitrogens with zero attached hydrogens (tertiary/aromatic N) is 2. The van der Waals surface area contributed by atoms with Gasteiger partial charge in [0.1, 0.15) is 6.07 Å². The smallest absolute Gasteiger partial charge is 0.306 e. The number of esters is 1. The molecule has 0 bridgehead atoms. The van der Waals surface area contributed by atoms with Crippen molar-refractivity contribution < 1.29 is 23.9 Å². The molecule has 1 N–H and O–H groups in total. The molecular formula is C23H21N3O5. The summed E-state index contributed by atoms with van der Waals surface area (Å²) in [6.07, 6.45) is -0.908. The average Bonchev–Trinajstić information content (AvgIpc) is 2.98. The molecule has 2 aromatic carbocycles. The molecule has 0 saturated carbocycles. The second-order valence-electron chi connectivity index (χ2n) is 7.19. The lowest BCUT2D eigenvalue weighted by atomic mass is 10.1. The Hall–Kier alpha value is -3.99. The zero-order valence-electron chi connectivity index (χ0n) is 17.2. The lowest BCUT2D eigenvalue weighted by Gasteiger charge is -2.15. The van der Waals surface area contributed by atoms with E-state index in [-0.39, 0.29) is 31.2 Å². The molecule has 0 saturated heterocycles. The summed E-state index contributed by atoms with van der Waals surface area (Å²) in [4.78, 5) is 50.3. The maximum absolute atomic E-state index is 12.4. The van der Waals surface area contributed by atoms with E-state index in [1.165, 1.54) is 6.92 Å². The Morgan fingerprint density at radius 1 is 1.13 bits per heavy atom. The molecule has 3 rings (SSSR count). The topological polar surface area (TPSA) is 117 Å². The van der Waals surface area contributed by atoms with Gasteiger partial charge in [-0.2, -0.15) is 5.26 Å². The fraction of sp³-hybridized carbons (Fsp3) is 0.261. The number of fused-ring (bicyclic) bond motifs is 1. The highest BCUT2D eigenvalue weighted by molar-refractivity contribution is 6.21. The van der Waals surface area contributed by atoms with Crippen molar-refractivity contribution in [3.63, 3.8) is 0 Å². The number of hydrogen-bond donors (Lipinski definition) is 1. The summed E-state index contributed by atoms with van der Waals surface area (Å²) in [5.41, 5.74) is 2.25. The normalized spacial score (nSPS) is 13.4. The lowest BCUT2D eigenvalue weighted by Crippen LogP contribution is -2.32. The fourth-order valence-electron chi connectivity index (χ4n) is 3.22. The maximum atomic E-state index is 12.4. The minimum atomic E-state index is -1.07. The van der Waals surface area contributed by atoms with Crippen LogP contribution in [0.1, 0.15) is 51.6 Å². The molecule has 0 aromatic heterocycles. The number of benzene rings is 2. The molecule has 8 nitrogen and oxygen atoms in total. The fourth-order valence-corrected chi connectivity index (χ4v) is 3.22. The number of hydrogen-bond acceptors (Lipinski definition) is 6. The van der Waals surface area contributed by atoms with E-state index in [9.17, 15) is 19.2 Å². The first-order valence-electron chi connectivity index (χ1n) is 9.78. The maximum Gasteiger partial charge on any atom is 0.306 e. The monoisotopic (exact) mass is 419 g/mol. The van der Waals surface area contributed by atoms with Crippen LogP contribution in [0.5, 0.6) is 0 Å². The molecule has 1 atom stereocenters. The predicted molar refractivity (Wildman–Crippen MR) is 111 cm³/mol. The summed E-state index contributed by atoms with van der Waals surface area (Å²) >= 11 is 0. The Morgan fingerprint density at radius 3 is 2.58 bits per heavy atom. The van der Waals surface area contributed by atoms with E-state index >= 15 is 0 Å². The van der Waals surface area contributed by atoms with Crippen molar-refractivity contribution in [2.45, 2.75) is 32.8 Å². The van der Waals surface area contributed by atoms with E-state index in [1.54, 1.807) is 42.5 Å². The number of para-hydroxylation sites is 1. The number of anilines is 1. The Kier molecular flexibility index (Phi) is 6.46. The van der Waals surface area contributed by atoms with Crippen LogP contribution in [-0.2, 0) is 14.3 Å². The first-order valence-corrected chi connectivity index (χ1v) is 9.78. The van der Waals surface area contributed by atoms with Crippen LogP contribution in [0, 0.1) is 18.3 Å². The van der Waals surface area contributed by atoms with Crippen molar-refractivity contribution in [3.05, 3.63) is 64.7 Å². The Bertz CT molecular complexity index is 1100. The third-order valence-electron chi connectivity index (χ3n) is 4.87. The minimum Gasteiger partial charge on any atom is -0.453 e. The van der Waals surface area contributed by atoms with Crippen LogP contribution >= 0.6 is 0 Å². The van der Waals surface area contributed by atoms with Gasteiger partial charge in [0.15, 0.2) is 6.10 Å². The number of aryl methyl sites for hydroxylation is 1. The predicted octanol–water partition coefficient (Wildman–Crippen LogP) is 2.81. The summed E-state index contributed by atoms with van der Waals surface area (Å²) in [5.74, 6) is -1.94. The SMILES string of the molecule is Cc1ccc2c(c1)C(=O)N(CCCC(=O)OC(C)C(=O)Nc1ccccc1C#N)C2=O. The van der Waals surface area contributed by atoms with Crippen LogP contribution in [0.25, 0.3) is 0 Å². The van der Waals surface area contributed by atoms with E-state index in [0.29, 0.717) is 22.4 Å². The molecule has 0 fully saturated rings. The van der Waals surface area contributed by atoms with Gasteiger partial charge in [0.05, 0.1) is 22.4 Å². The van der Waals surface area contributed by atoms with Crippen LogP contribution < -0.4 is 5.32 Å². The van der Waals surface area contributed by atoms with Gasteiger partial charge in [0.2, 0.25) is 0 Å². The first kappa shape index (κ1) is 21.7.